The van der Waals surface area contributed by atoms with Gasteiger partial charge in [0.1, 0.15) is 22.9 Å². The Labute approximate surface area is 196 Å². The van der Waals surface area contributed by atoms with E-state index in [2.05, 4.69) is 5.16 Å². The second-order valence-corrected chi connectivity index (χ2v) is 8.95. The first kappa shape index (κ1) is 25.0. The largest absolute Gasteiger partial charge is 0.508 e. The molecule has 0 aliphatic rings. The predicted octanol–water partition coefficient (Wildman–Crippen LogP) is 3.36. The van der Waals surface area contributed by atoms with E-state index in [9.17, 15) is 28.0 Å². The van der Waals surface area contributed by atoms with Gasteiger partial charge in [-0.3, -0.25) is 9.35 Å². The lowest BCUT2D eigenvalue weighted by molar-refractivity contribution is 0.0977. The third-order valence-corrected chi connectivity index (χ3v) is 5.91. The topological polar surface area (TPSA) is 176 Å². The number of methoxy groups -OCH3 is 1. The highest BCUT2D eigenvalue weighted by Gasteiger charge is 2.35. The molecule has 1 aromatic heterocycles. The normalized spacial score (nSPS) is 11.6. The third-order valence-electron chi connectivity index (χ3n) is 5.06. The fourth-order valence-electron chi connectivity index (χ4n) is 3.42. The average Bonchev–Trinajstić information content (AvgIpc) is 3.17. The van der Waals surface area contributed by atoms with Gasteiger partial charge in [0.15, 0.2) is 17.2 Å². The summed E-state index contributed by atoms with van der Waals surface area (Å²) >= 11 is 0. The first-order valence-corrected chi connectivity index (χ1v) is 11.6. The molecular formula is C22H25N3O8S. The summed E-state index contributed by atoms with van der Waals surface area (Å²) < 4.78 is 46.2. The lowest BCUT2D eigenvalue weighted by Gasteiger charge is -2.22. The van der Waals surface area contributed by atoms with Crippen LogP contribution < -0.4 is 14.8 Å². The van der Waals surface area contributed by atoms with Crippen LogP contribution in [0.4, 0.5) is 11.4 Å². The number of phenols is 2. The van der Waals surface area contributed by atoms with Crippen LogP contribution in [0.3, 0.4) is 0 Å². The van der Waals surface area contributed by atoms with Crippen molar-refractivity contribution in [3.8, 4) is 28.6 Å². The number of anilines is 2. The molecule has 182 valence electrons. The van der Waals surface area contributed by atoms with Crippen LogP contribution in [0.25, 0.3) is 11.3 Å². The first-order valence-electron chi connectivity index (χ1n) is 10.2. The molecule has 12 heteroatoms. The second-order valence-electron chi connectivity index (χ2n) is 7.69. The molecule has 0 aliphatic carbocycles. The third kappa shape index (κ3) is 4.83. The van der Waals surface area contributed by atoms with Crippen molar-refractivity contribution in [2.45, 2.75) is 26.2 Å². The molecule has 0 atom stereocenters. The van der Waals surface area contributed by atoms with E-state index >= 15 is 0 Å². The molecule has 0 fully saturated rings. The quantitative estimate of drug-likeness (QED) is 0.256. The van der Waals surface area contributed by atoms with Crippen molar-refractivity contribution in [1.82, 2.24) is 5.16 Å². The first-order chi connectivity index (χ1) is 16.0. The summed E-state index contributed by atoms with van der Waals surface area (Å²) in [5, 5.41) is 24.5. The number of rotatable bonds is 9. The molecule has 2 aromatic carbocycles. The molecule has 3 aromatic rings. The number of ether oxygens (including phenoxy) is 1. The fourth-order valence-corrected chi connectivity index (χ4v) is 4.20. The van der Waals surface area contributed by atoms with E-state index in [0.717, 1.165) is 6.07 Å². The number of nitrogens with two attached hydrogens (primary N) is 1. The molecule has 34 heavy (non-hydrogen) atoms. The van der Waals surface area contributed by atoms with Crippen LogP contribution in [0.15, 0.2) is 40.9 Å². The second kappa shape index (κ2) is 9.71. The SMILES string of the molecule is COc1ccc(N(c2c(C(=O)CCN)noc2-c2cc(C(C)C)c(O)cc2O)S(=O)(=O)O)cc1. The summed E-state index contributed by atoms with van der Waals surface area (Å²) in [6, 6.07) is 8.07. The minimum absolute atomic E-state index is 0.0436. The monoisotopic (exact) mass is 491 g/mol. The molecular weight excluding hydrogens is 466 g/mol. The molecule has 11 nitrogen and oxygen atoms in total. The maximum absolute atomic E-state index is 12.8. The summed E-state index contributed by atoms with van der Waals surface area (Å²) in [5.74, 6) is -1.35. The van der Waals surface area contributed by atoms with Crippen LogP contribution >= 0.6 is 0 Å². The molecule has 0 unspecified atom stereocenters. The number of carbonyl (C=O) groups excluding carboxylic acids is 1. The zero-order valence-corrected chi connectivity index (χ0v) is 19.5. The van der Waals surface area contributed by atoms with Gasteiger partial charge in [-0.25, -0.2) is 4.31 Å². The molecule has 0 aliphatic heterocycles. The average molecular weight is 492 g/mol. The minimum Gasteiger partial charge on any atom is -0.508 e. The smallest absolute Gasteiger partial charge is 0.364 e. The number of ketones is 1. The lowest BCUT2D eigenvalue weighted by atomic mass is 9.97. The standard InChI is InChI=1S/C22H25N3O8S/c1-12(2)15-10-16(19(28)11-18(15)27)22-21(20(24-33-22)17(26)8-9-23)25(34(29,30)31)13-4-6-14(32-3)7-5-13/h4-7,10-12,27-28H,8-9,23H2,1-3H3,(H,29,30,31). The van der Waals surface area contributed by atoms with Gasteiger partial charge in [-0.2, -0.15) is 8.42 Å². The van der Waals surface area contributed by atoms with Crippen LogP contribution in [-0.4, -0.2) is 47.8 Å². The Bertz CT molecular complexity index is 1300. The van der Waals surface area contributed by atoms with Gasteiger partial charge in [-0.05, 0) is 48.4 Å². The van der Waals surface area contributed by atoms with Gasteiger partial charge in [0.2, 0.25) is 0 Å². The Morgan fingerprint density at radius 1 is 1.18 bits per heavy atom. The van der Waals surface area contributed by atoms with Gasteiger partial charge in [-0.15, -0.1) is 0 Å². The van der Waals surface area contributed by atoms with Gasteiger partial charge < -0.3 is 25.2 Å². The maximum atomic E-state index is 12.8. The molecule has 0 radical (unpaired) electrons. The minimum atomic E-state index is -5.03. The molecule has 3 rings (SSSR count). The molecule has 0 saturated carbocycles. The predicted molar refractivity (Wildman–Crippen MR) is 124 cm³/mol. The molecule has 0 amide bonds. The van der Waals surface area contributed by atoms with E-state index in [4.69, 9.17) is 15.0 Å². The molecule has 1 heterocycles. The molecule has 0 spiro atoms. The van der Waals surface area contributed by atoms with Crippen molar-refractivity contribution in [2.24, 2.45) is 5.73 Å². The molecule has 5 N–H and O–H groups in total. The molecule has 0 saturated heterocycles. The summed E-state index contributed by atoms with van der Waals surface area (Å²) in [5.41, 5.74) is 4.99. The van der Waals surface area contributed by atoms with Gasteiger partial charge in [-0.1, -0.05) is 19.0 Å². The van der Waals surface area contributed by atoms with Crippen LogP contribution in [0.5, 0.6) is 17.2 Å². The van der Waals surface area contributed by atoms with Gasteiger partial charge in [0, 0.05) is 12.5 Å². The number of phenolic OH excluding ortho intramolecular Hbond substituents is 2. The van der Waals surface area contributed by atoms with Crippen molar-refractivity contribution in [2.75, 3.05) is 18.0 Å². The van der Waals surface area contributed by atoms with E-state index in [0.29, 0.717) is 15.6 Å². The lowest BCUT2D eigenvalue weighted by Crippen LogP contribution is -2.27. The van der Waals surface area contributed by atoms with E-state index in [-0.39, 0.29) is 41.6 Å². The van der Waals surface area contributed by atoms with E-state index in [1.165, 1.54) is 37.4 Å². The van der Waals surface area contributed by atoms with E-state index < -0.39 is 33.2 Å². The van der Waals surface area contributed by atoms with Crippen molar-refractivity contribution in [1.29, 1.82) is 0 Å². The van der Waals surface area contributed by atoms with Crippen LogP contribution in [0.1, 0.15) is 42.2 Å². The van der Waals surface area contributed by atoms with Crippen molar-refractivity contribution >= 4 is 27.5 Å². The highest BCUT2D eigenvalue weighted by atomic mass is 32.2. The summed E-state index contributed by atoms with van der Waals surface area (Å²) in [6.45, 7) is 3.56. The van der Waals surface area contributed by atoms with Gasteiger partial charge >= 0.3 is 10.3 Å². The Hall–Kier alpha value is -3.61. The van der Waals surface area contributed by atoms with Crippen molar-refractivity contribution < 1.29 is 37.2 Å². The zero-order chi connectivity index (χ0) is 25.2. The number of carbonyl (C=O) groups is 1. The van der Waals surface area contributed by atoms with Gasteiger partial charge in [0.25, 0.3) is 0 Å². The highest BCUT2D eigenvalue weighted by Crippen LogP contribution is 2.45. The Morgan fingerprint density at radius 3 is 2.35 bits per heavy atom. The van der Waals surface area contributed by atoms with Crippen LogP contribution in [0.2, 0.25) is 0 Å². The summed E-state index contributed by atoms with van der Waals surface area (Å²) in [7, 11) is -3.60. The highest BCUT2D eigenvalue weighted by molar-refractivity contribution is 7.87. The fraction of sp³-hybridized carbons (Fsp3) is 0.273. The Balaban J connectivity index is 2.37. The number of Topliss-reactive ketones (excluding diaryl/α,β-unsaturated/α-hetero) is 1. The number of hydrogen-bond donors (Lipinski definition) is 4. The van der Waals surface area contributed by atoms with Crippen molar-refractivity contribution in [3.05, 3.63) is 47.7 Å². The Morgan fingerprint density at radius 2 is 1.82 bits per heavy atom. The van der Waals surface area contributed by atoms with Crippen molar-refractivity contribution in [3.63, 3.8) is 0 Å². The number of benzene rings is 2. The van der Waals surface area contributed by atoms with E-state index in [1.807, 2.05) is 0 Å². The summed E-state index contributed by atoms with van der Waals surface area (Å²) in [4.78, 5) is 12.8. The maximum Gasteiger partial charge on any atom is 0.364 e. The van der Waals surface area contributed by atoms with E-state index in [1.54, 1.807) is 13.8 Å². The molecule has 0 bridgehead atoms. The number of nitrogens with zero attached hydrogens (tertiary/aromatic N) is 2. The number of aromatic nitrogens is 1. The van der Waals surface area contributed by atoms with Crippen LogP contribution in [0, 0.1) is 0 Å². The zero-order valence-electron chi connectivity index (χ0n) is 18.7. The number of hydrogen-bond acceptors (Lipinski definition) is 9. The van der Waals surface area contributed by atoms with Crippen LogP contribution in [-0.2, 0) is 10.3 Å². The Kier molecular flexibility index (Phi) is 7.15. The summed E-state index contributed by atoms with van der Waals surface area (Å²) in [6.07, 6.45) is -0.181. The van der Waals surface area contributed by atoms with Gasteiger partial charge in [0.05, 0.1) is 18.4 Å². The number of aromatic hydroxyl groups is 2.